The van der Waals surface area contributed by atoms with Gasteiger partial charge in [0, 0.05) is 12.5 Å². The van der Waals surface area contributed by atoms with E-state index < -0.39 is 11.9 Å². The van der Waals surface area contributed by atoms with E-state index in [-0.39, 0.29) is 11.6 Å². The Morgan fingerprint density at radius 3 is 2.48 bits per heavy atom. The molecule has 150 valence electrons. The van der Waals surface area contributed by atoms with Crippen LogP contribution in [0.15, 0.2) is 53.2 Å². The molecule has 6 nitrogen and oxygen atoms in total. The van der Waals surface area contributed by atoms with Crippen LogP contribution in [0.4, 0.5) is 0 Å². The van der Waals surface area contributed by atoms with E-state index in [0.29, 0.717) is 29.6 Å². The molecule has 2 aromatic carbocycles. The minimum Gasteiger partial charge on any atom is -0.490 e. The number of nitrogens with zero attached hydrogens (tertiary/aromatic N) is 1. The molecule has 29 heavy (non-hydrogen) atoms. The molecule has 0 unspecified atom stereocenters. The Labute approximate surface area is 169 Å². The highest BCUT2D eigenvalue weighted by Crippen LogP contribution is 2.30. The third-order valence-electron chi connectivity index (χ3n) is 4.27. The van der Waals surface area contributed by atoms with Crippen LogP contribution in [0.5, 0.6) is 11.5 Å². The van der Waals surface area contributed by atoms with Crippen LogP contribution in [-0.4, -0.2) is 24.4 Å². The molecule has 0 N–H and O–H groups in total. The van der Waals surface area contributed by atoms with E-state index in [9.17, 15) is 9.59 Å². The average Bonchev–Trinajstić information content (AvgIpc) is 3.04. The molecule has 0 fully saturated rings. The van der Waals surface area contributed by atoms with Gasteiger partial charge in [0.05, 0.1) is 6.61 Å². The van der Waals surface area contributed by atoms with E-state index in [1.807, 2.05) is 31.2 Å². The summed E-state index contributed by atoms with van der Waals surface area (Å²) in [5.74, 6) is 0.478. The van der Waals surface area contributed by atoms with Crippen LogP contribution in [0, 0.1) is 0 Å². The van der Waals surface area contributed by atoms with Crippen LogP contribution in [0.2, 0.25) is 0 Å². The number of carbonyl (C=O) groups is 2. The van der Waals surface area contributed by atoms with Gasteiger partial charge in [-0.15, -0.1) is 0 Å². The second kappa shape index (κ2) is 8.73. The van der Waals surface area contributed by atoms with Gasteiger partial charge in [-0.25, -0.2) is 9.79 Å². The van der Waals surface area contributed by atoms with Crippen molar-refractivity contribution in [3.05, 3.63) is 64.9 Å². The lowest BCUT2D eigenvalue weighted by atomic mass is 10.0. The van der Waals surface area contributed by atoms with E-state index in [2.05, 4.69) is 18.8 Å². The first kappa shape index (κ1) is 20.3. The molecular formula is C23H23NO5. The molecule has 1 aliphatic rings. The maximum absolute atomic E-state index is 12.3. The molecule has 0 spiro atoms. The van der Waals surface area contributed by atoms with Crippen molar-refractivity contribution in [1.82, 2.24) is 0 Å². The zero-order valence-corrected chi connectivity index (χ0v) is 16.9. The van der Waals surface area contributed by atoms with E-state index in [1.54, 1.807) is 24.3 Å². The molecule has 2 aromatic rings. The Kier molecular flexibility index (Phi) is 6.12. The fourth-order valence-corrected chi connectivity index (χ4v) is 2.82. The summed E-state index contributed by atoms with van der Waals surface area (Å²) in [6, 6.07) is 12.8. The Morgan fingerprint density at radius 2 is 1.86 bits per heavy atom. The second-order valence-corrected chi connectivity index (χ2v) is 6.85. The van der Waals surface area contributed by atoms with Gasteiger partial charge in [-0.2, -0.15) is 0 Å². The molecule has 0 bridgehead atoms. The van der Waals surface area contributed by atoms with Crippen molar-refractivity contribution >= 4 is 23.9 Å². The third-order valence-corrected chi connectivity index (χ3v) is 4.27. The van der Waals surface area contributed by atoms with E-state index in [0.717, 1.165) is 5.56 Å². The number of aliphatic imine (C=N–C) groups is 1. The SMILES string of the molecule is CCOc1cc(/C=C2\N=C(c3ccc(C(C)C)cc3)OC2=O)ccc1OC(C)=O. The maximum Gasteiger partial charge on any atom is 0.363 e. The first-order valence-corrected chi connectivity index (χ1v) is 9.45. The molecule has 0 aromatic heterocycles. The number of esters is 2. The Morgan fingerprint density at radius 1 is 1.14 bits per heavy atom. The summed E-state index contributed by atoms with van der Waals surface area (Å²) < 4.78 is 16.0. The average molecular weight is 393 g/mol. The molecule has 0 saturated heterocycles. The fraction of sp³-hybridized carbons (Fsp3) is 0.261. The standard InChI is InChI=1S/C23H23NO5/c1-5-27-21-13-16(6-11-20(21)28-15(4)25)12-19-23(26)29-22(24-19)18-9-7-17(8-10-18)14(2)3/h6-14H,5H2,1-4H3/b19-12-. The van der Waals surface area contributed by atoms with Crippen LogP contribution >= 0.6 is 0 Å². The van der Waals surface area contributed by atoms with Gasteiger partial charge in [-0.3, -0.25) is 4.79 Å². The number of ether oxygens (including phenoxy) is 3. The predicted molar refractivity (Wildman–Crippen MR) is 110 cm³/mol. The molecule has 1 heterocycles. The second-order valence-electron chi connectivity index (χ2n) is 6.85. The summed E-state index contributed by atoms with van der Waals surface area (Å²) in [6.45, 7) is 7.80. The monoisotopic (exact) mass is 393 g/mol. The highest BCUT2D eigenvalue weighted by Gasteiger charge is 2.24. The van der Waals surface area contributed by atoms with E-state index >= 15 is 0 Å². The van der Waals surface area contributed by atoms with Crippen molar-refractivity contribution in [3.8, 4) is 11.5 Å². The molecule has 3 rings (SSSR count). The summed E-state index contributed by atoms with van der Waals surface area (Å²) in [4.78, 5) is 27.8. The zero-order valence-electron chi connectivity index (χ0n) is 16.9. The van der Waals surface area contributed by atoms with Crippen molar-refractivity contribution in [2.75, 3.05) is 6.61 Å². The van der Waals surface area contributed by atoms with Gasteiger partial charge >= 0.3 is 11.9 Å². The number of benzene rings is 2. The first-order chi connectivity index (χ1) is 13.9. The number of carbonyl (C=O) groups excluding carboxylic acids is 2. The van der Waals surface area contributed by atoms with Gasteiger partial charge < -0.3 is 14.2 Å². The van der Waals surface area contributed by atoms with Gasteiger partial charge in [0.25, 0.3) is 0 Å². The van der Waals surface area contributed by atoms with E-state index in [4.69, 9.17) is 14.2 Å². The predicted octanol–water partition coefficient (Wildman–Crippen LogP) is 4.48. The normalized spacial score (nSPS) is 14.7. The first-order valence-electron chi connectivity index (χ1n) is 9.45. The molecular weight excluding hydrogens is 370 g/mol. The Balaban J connectivity index is 1.88. The van der Waals surface area contributed by atoms with Crippen molar-refractivity contribution in [3.63, 3.8) is 0 Å². The van der Waals surface area contributed by atoms with Crippen LogP contribution in [0.3, 0.4) is 0 Å². The van der Waals surface area contributed by atoms with Gasteiger partial charge in [0.1, 0.15) is 0 Å². The van der Waals surface area contributed by atoms with Crippen LogP contribution < -0.4 is 9.47 Å². The summed E-state index contributed by atoms with van der Waals surface area (Å²) >= 11 is 0. The Bertz CT molecular complexity index is 987. The fourth-order valence-electron chi connectivity index (χ4n) is 2.82. The number of hydrogen-bond donors (Lipinski definition) is 0. The molecule has 0 aliphatic carbocycles. The van der Waals surface area contributed by atoms with Gasteiger partial charge in [0.15, 0.2) is 17.2 Å². The van der Waals surface area contributed by atoms with Gasteiger partial charge in [0.2, 0.25) is 5.90 Å². The van der Waals surface area contributed by atoms with Gasteiger partial charge in [-0.05, 0) is 54.3 Å². The minimum absolute atomic E-state index is 0.190. The maximum atomic E-state index is 12.3. The molecule has 0 saturated carbocycles. The van der Waals surface area contributed by atoms with Gasteiger partial charge in [-0.1, -0.05) is 32.0 Å². The number of cyclic esters (lactones) is 1. The smallest absolute Gasteiger partial charge is 0.363 e. The molecule has 1 aliphatic heterocycles. The highest BCUT2D eigenvalue weighted by atomic mass is 16.6. The zero-order chi connectivity index (χ0) is 21.0. The van der Waals surface area contributed by atoms with Crippen molar-refractivity contribution in [1.29, 1.82) is 0 Å². The van der Waals surface area contributed by atoms with E-state index in [1.165, 1.54) is 12.5 Å². The van der Waals surface area contributed by atoms with Crippen LogP contribution in [0.1, 0.15) is 50.3 Å². The summed E-state index contributed by atoms with van der Waals surface area (Å²) in [5.41, 5.74) is 2.81. The lowest BCUT2D eigenvalue weighted by Gasteiger charge is -2.10. The molecule has 6 heteroatoms. The lowest BCUT2D eigenvalue weighted by Crippen LogP contribution is -2.05. The quantitative estimate of drug-likeness (QED) is 0.411. The highest BCUT2D eigenvalue weighted by molar-refractivity contribution is 6.12. The summed E-state index contributed by atoms with van der Waals surface area (Å²) in [5, 5.41) is 0. The van der Waals surface area contributed by atoms with Crippen LogP contribution in [0.25, 0.3) is 6.08 Å². The third kappa shape index (κ3) is 4.90. The molecule has 0 atom stereocenters. The van der Waals surface area contributed by atoms with Crippen molar-refractivity contribution in [2.45, 2.75) is 33.6 Å². The van der Waals surface area contributed by atoms with Crippen molar-refractivity contribution < 1.29 is 23.8 Å². The lowest BCUT2D eigenvalue weighted by molar-refractivity contribution is -0.132. The van der Waals surface area contributed by atoms with Crippen molar-refractivity contribution in [2.24, 2.45) is 4.99 Å². The minimum atomic E-state index is -0.519. The summed E-state index contributed by atoms with van der Waals surface area (Å²) in [6.07, 6.45) is 1.61. The summed E-state index contributed by atoms with van der Waals surface area (Å²) in [7, 11) is 0. The molecule has 0 radical (unpaired) electrons. The number of hydrogen-bond acceptors (Lipinski definition) is 6. The number of rotatable bonds is 6. The van der Waals surface area contributed by atoms with Crippen LogP contribution in [-0.2, 0) is 14.3 Å². The topological polar surface area (TPSA) is 74.2 Å². The Hall–Kier alpha value is -3.41. The largest absolute Gasteiger partial charge is 0.490 e. The molecule has 0 amide bonds.